The summed E-state index contributed by atoms with van der Waals surface area (Å²) in [6, 6.07) is 6.47. The fourth-order valence-corrected chi connectivity index (χ4v) is 1.13. The zero-order valence-electron chi connectivity index (χ0n) is 7.11. The van der Waals surface area contributed by atoms with E-state index in [0.29, 0.717) is 10.6 Å². The van der Waals surface area contributed by atoms with Gasteiger partial charge in [0.1, 0.15) is 0 Å². The second-order valence-corrected chi connectivity index (χ2v) is 2.92. The molecule has 1 aromatic rings. The third kappa shape index (κ3) is 2.71. The summed E-state index contributed by atoms with van der Waals surface area (Å²) in [6.45, 7) is 0. The number of hydrogen-bond acceptors (Lipinski definition) is 2. The van der Waals surface area contributed by atoms with E-state index in [4.69, 9.17) is 16.7 Å². The van der Waals surface area contributed by atoms with Crippen molar-refractivity contribution in [2.75, 3.05) is 0 Å². The summed E-state index contributed by atoms with van der Waals surface area (Å²) >= 11 is 5.73. The third-order valence-corrected chi connectivity index (χ3v) is 1.85. The molecular formula is C10H7ClO3. The SMILES string of the molecule is O=C(O)C=CC(=O)c1ccccc1Cl. The fraction of sp³-hybridized carbons (Fsp3) is 0. The molecule has 1 aromatic carbocycles. The highest BCUT2D eigenvalue weighted by molar-refractivity contribution is 6.34. The van der Waals surface area contributed by atoms with Gasteiger partial charge >= 0.3 is 5.97 Å². The van der Waals surface area contributed by atoms with Crippen LogP contribution in [0, 0.1) is 0 Å². The second kappa shape index (κ2) is 4.58. The minimum atomic E-state index is -1.16. The first-order valence-corrected chi connectivity index (χ1v) is 4.19. The number of benzene rings is 1. The van der Waals surface area contributed by atoms with E-state index in [9.17, 15) is 9.59 Å². The minimum absolute atomic E-state index is 0.298. The lowest BCUT2D eigenvalue weighted by molar-refractivity contribution is -0.131. The molecule has 0 fully saturated rings. The molecule has 0 aliphatic carbocycles. The summed E-state index contributed by atoms with van der Waals surface area (Å²) < 4.78 is 0. The largest absolute Gasteiger partial charge is 0.478 e. The average Bonchev–Trinajstić information content (AvgIpc) is 2.15. The molecule has 0 heterocycles. The molecule has 14 heavy (non-hydrogen) atoms. The molecule has 0 atom stereocenters. The Bertz CT molecular complexity index is 396. The van der Waals surface area contributed by atoms with E-state index in [-0.39, 0.29) is 0 Å². The zero-order valence-corrected chi connectivity index (χ0v) is 7.86. The lowest BCUT2D eigenvalue weighted by Gasteiger charge is -1.97. The Balaban J connectivity index is 2.91. The van der Waals surface area contributed by atoms with E-state index in [0.717, 1.165) is 12.2 Å². The maximum atomic E-state index is 11.3. The lowest BCUT2D eigenvalue weighted by atomic mass is 10.1. The molecule has 72 valence electrons. The quantitative estimate of drug-likeness (QED) is 0.615. The molecule has 0 aromatic heterocycles. The van der Waals surface area contributed by atoms with Crippen molar-refractivity contribution in [1.29, 1.82) is 0 Å². The van der Waals surface area contributed by atoms with Crippen molar-refractivity contribution in [3.8, 4) is 0 Å². The number of rotatable bonds is 3. The van der Waals surface area contributed by atoms with Gasteiger partial charge in [0.2, 0.25) is 0 Å². The predicted molar refractivity (Wildman–Crippen MR) is 52.6 cm³/mol. The van der Waals surface area contributed by atoms with Gasteiger partial charge in [0.15, 0.2) is 5.78 Å². The Morgan fingerprint density at radius 3 is 2.43 bits per heavy atom. The van der Waals surface area contributed by atoms with E-state index in [1.165, 1.54) is 6.07 Å². The van der Waals surface area contributed by atoms with Crippen LogP contribution < -0.4 is 0 Å². The maximum absolute atomic E-state index is 11.3. The first kappa shape index (κ1) is 10.5. The lowest BCUT2D eigenvalue weighted by Crippen LogP contribution is -1.97. The molecule has 0 radical (unpaired) electrons. The number of halogens is 1. The number of hydrogen-bond donors (Lipinski definition) is 1. The molecule has 0 saturated heterocycles. The number of aliphatic carboxylic acids is 1. The van der Waals surface area contributed by atoms with Crippen LogP contribution in [0.1, 0.15) is 10.4 Å². The molecule has 1 N–H and O–H groups in total. The number of allylic oxidation sites excluding steroid dienone is 1. The summed E-state index contributed by atoms with van der Waals surface area (Å²) in [7, 11) is 0. The van der Waals surface area contributed by atoms with Gasteiger partial charge in [0.25, 0.3) is 0 Å². The van der Waals surface area contributed by atoms with Crippen LogP contribution in [0.2, 0.25) is 5.02 Å². The molecule has 4 heteroatoms. The summed E-state index contributed by atoms with van der Waals surface area (Å²) in [6.07, 6.45) is 1.76. The van der Waals surface area contributed by atoms with Gasteiger partial charge < -0.3 is 5.11 Å². The molecule has 1 rings (SSSR count). The number of ketones is 1. The maximum Gasteiger partial charge on any atom is 0.328 e. The summed E-state index contributed by atoms with van der Waals surface area (Å²) in [4.78, 5) is 21.5. The molecule has 0 aliphatic heterocycles. The summed E-state index contributed by atoms with van der Waals surface area (Å²) in [5.74, 6) is -1.58. The molecule has 0 spiro atoms. The van der Waals surface area contributed by atoms with E-state index >= 15 is 0 Å². The van der Waals surface area contributed by atoms with Crippen molar-refractivity contribution in [2.45, 2.75) is 0 Å². The summed E-state index contributed by atoms with van der Waals surface area (Å²) in [5, 5.41) is 8.62. The average molecular weight is 211 g/mol. The molecular weight excluding hydrogens is 204 g/mol. The Hall–Kier alpha value is -1.61. The van der Waals surface area contributed by atoms with Gasteiger partial charge in [-0.05, 0) is 18.2 Å². The highest BCUT2D eigenvalue weighted by Crippen LogP contribution is 2.15. The Morgan fingerprint density at radius 1 is 1.21 bits per heavy atom. The Labute approximate surface area is 85.6 Å². The van der Waals surface area contributed by atoms with E-state index in [1.54, 1.807) is 18.2 Å². The highest BCUT2D eigenvalue weighted by atomic mass is 35.5. The molecule has 0 amide bonds. The van der Waals surface area contributed by atoms with Crippen molar-refractivity contribution in [3.05, 3.63) is 47.0 Å². The van der Waals surface area contributed by atoms with Crippen LogP contribution in [0.15, 0.2) is 36.4 Å². The first-order chi connectivity index (χ1) is 6.61. The van der Waals surface area contributed by atoms with Crippen LogP contribution in [0.4, 0.5) is 0 Å². The molecule has 0 aliphatic rings. The van der Waals surface area contributed by atoms with Gasteiger partial charge in [-0.25, -0.2) is 4.79 Å². The van der Waals surface area contributed by atoms with Crippen molar-refractivity contribution >= 4 is 23.4 Å². The minimum Gasteiger partial charge on any atom is -0.478 e. The summed E-state index contributed by atoms with van der Waals surface area (Å²) in [5.41, 5.74) is 0.298. The van der Waals surface area contributed by atoms with Crippen molar-refractivity contribution in [2.24, 2.45) is 0 Å². The van der Waals surface area contributed by atoms with E-state index < -0.39 is 11.8 Å². The Morgan fingerprint density at radius 2 is 1.86 bits per heavy atom. The van der Waals surface area contributed by atoms with E-state index in [1.807, 2.05) is 0 Å². The fourth-order valence-electron chi connectivity index (χ4n) is 0.898. The van der Waals surface area contributed by atoms with Crippen LogP contribution in [0.3, 0.4) is 0 Å². The van der Waals surface area contributed by atoms with E-state index in [2.05, 4.69) is 0 Å². The van der Waals surface area contributed by atoms with Crippen molar-refractivity contribution < 1.29 is 14.7 Å². The third-order valence-electron chi connectivity index (χ3n) is 1.52. The van der Waals surface area contributed by atoms with Crippen molar-refractivity contribution in [3.63, 3.8) is 0 Å². The highest BCUT2D eigenvalue weighted by Gasteiger charge is 2.05. The topological polar surface area (TPSA) is 54.4 Å². The molecule has 0 saturated carbocycles. The normalized spacial score (nSPS) is 10.4. The standard InChI is InChI=1S/C10H7ClO3/c11-8-4-2-1-3-7(8)9(12)5-6-10(13)14/h1-6H,(H,13,14). The van der Waals surface area contributed by atoms with Crippen LogP contribution in [0.25, 0.3) is 0 Å². The van der Waals surface area contributed by atoms with Crippen LogP contribution in [-0.2, 0) is 4.79 Å². The van der Waals surface area contributed by atoms with Crippen molar-refractivity contribution in [1.82, 2.24) is 0 Å². The number of carbonyl (C=O) groups excluding carboxylic acids is 1. The van der Waals surface area contributed by atoms with Crippen LogP contribution >= 0.6 is 11.6 Å². The smallest absolute Gasteiger partial charge is 0.328 e. The van der Waals surface area contributed by atoms with Gasteiger partial charge in [-0.3, -0.25) is 4.79 Å². The van der Waals surface area contributed by atoms with Gasteiger partial charge in [-0.1, -0.05) is 23.7 Å². The molecule has 0 unspecified atom stereocenters. The van der Waals surface area contributed by atoms with Gasteiger partial charge in [-0.15, -0.1) is 0 Å². The monoisotopic (exact) mass is 210 g/mol. The first-order valence-electron chi connectivity index (χ1n) is 3.81. The number of carboxylic acids is 1. The zero-order chi connectivity index (χ0) is 10.6. The van der Waals surface area contributed by atoms with Crippen LogP contribution in [-0.4, -0.2) is 16.9 Å². The van der Waals surface area contributed by atoms with Gasteiger partial charge in [0.05, 0.1) is 5.02 Å². The molecule has 3 nitrogen and oxygen atoms in total. The molecule has 0 bridgehead atoms. The van der Waals surface area contributed by atoms with Gasteiger partial charge in [0, 0.05) is 11.6 Å². The second-order valence-electron chi connectivity index (χ2n) is 2.52. The number of carbonyl (C=O) groups is 2. The predicted octanol–water partition coefficient (Wildman–Crippen LogP) is 2.16. The number of carboxylic acid groups (broad SMARTS) is 1. The van der Waals surface area contributed by atoms with Crippen LogP contribution in [0.5, 0.6) is 0 Å². The van der Waals surface area contributed by atoms with Gasteiger partial charge in [-0.2, -0.15) is 0 Å². The Kier molecular flexibility index (Phi) is 3.42.